The van der Waals surface area contributed by atoms with Crippen molar-refractivity contribution in [2.75, 3.05) is 46.3 Å². The summed E-state index contributed by atoms with van der Waals surface area (Å²) in [7, 11) is 4.31. The highest BCUT2D eigenvalue weighted by molar-refractivity contribution is 5.92. The van der Waals surface area contributed by atoms with Crippen LogP contribution >= 0.6 is 0 Å². The Morgan fingerprint density at radius 1 is 1.23 bits per heavy atom. The molecule has 0 saturated carbocycles. The zero-order valence-corrected chi connectivity index (χ0v) is 15.1. The van der Waals surface area contributed by atoms with E-state index in [-0.39, 0.29) is 24.8 Å². The van der Waals surface area contributed by atoms with Gasteiger partial charge in [0.1, 0.15) is 6.42 Å². The number of nitrogens with one attached hydrogen (secondary N) is 3. The first kappa shape index (κ1) is 19.5. The molecule has 0 spiro atoms. The van der Waals surface area contributed by atoms with Gasteiger partial charge in [0, 0.05) is 11.8 Å². The smallest absolute Gasteiger partial charge is 0.312 e. The molecule has 26 heavy (non-hydrogen) atoms. The second kappa shape index (κ2) is 9.04. The Morgan fingerprint density at radius 2 is 1.96 bits per heavy atom. The minimum Gasteiger partial charge on any atom is -0.493 e. The molecule has 1 unspecified atom stereocenters. The third kappa shape index (κ3) is 4.85. The van der Waals surface area contributed by atoms with E-state index >= 15 is 0 Å². The Kier molecular flexibility index (Phi) is 6.79. The van der Waals surface area contributed by atoms with Crippen molar-refractivity contribution in [2.45, 2.75) is 12.5 Å². The van der Waals surface area contributed by atoms with Crippen molar-refractivity contribution in [1.29, 1.82) is 0 Å². The second-order valence-corrected chi connectivity index (χ2v) is 5.83. The third-order valence-electron chi connectivity index (χ3n) is 4.21. The molecule has 1 fully saturated rings. The van der Waals surface area contributed by atoms with Crippen molar-refractivity contribution >= 4 is 23.5 Å². The van der Waals surface area contributed by atoms with Crippen LogP contribution in [0.1, 0.15) is 6.42 Å². The van der Waals surface area contributed by atoms with Crippen LogP contribution in [0, 0.1) is 0 Å². The summed E-state index contributed by atoms with van der Waals surface area (Å²) in [5.41, 5.74) is 0.554. The Balaban J connectivity index is 2.03. The first-order chi connectivity index (χ1) is 12.5. The monoisotopic (exact) mass is 366 g/mol. The lowest BCUT2D eigenvalue weighted by molar-refractivity contribution is -0.909. The number of ether oxygens (including phenoxy) is 3. The lowest BCUT2D eigenvalue weighted by atomic mass is 10.1. The first-order valence-electron chi connectivity index (χ1n) is 8.19. The van der Waals surface area contributed by atoms with Crippen molar-refractivity contribution < 1.29 is 33.5 Å². The Morgan fingerprint density at radius 3 is 2.62 bits per heavy atom. The molecule has 0 aliphatic carbocycles. The van der Waals surface area contributed by atoms with E-state index in [2.05, 4.69) is 15.4 Å². The lowest BCUT2D eigenvalue weighted by Crippen LogP contribution is -3.20. The van der Waals surface area contributed by atoms with Crippen LogP contribution < -0.4 is 25.0 Å². The molecule has 0 radical (unpaired) electrons. The molecule has 1 saturated heterocycles. The molecule has 1 aromatic carbocycles. The standard InChI is InChI=1S/C17H23N3O6/c1-24-13-5-4-11(8-14(13)25-2)19-15(21)10-20-7-6-18-17(23)12(20)9-16(22)26-3/h4-5,8,12H,6-7,9-10H2,1-3H3,(H,18,23)(H,19,21)/p+1/t12-/m1/s1. The molecule has 2 amide bonds. The number of carbonyl (C=O) groups is 3. The lowest BCUT2D eigenvalue weighted by Gasteiger charge is -2.30. The highest BCUT2D eigenvalue weighted by Crippen LogP contribution is 2.29. The van der Waals surface area contributed by atoms with Crippen molar-refractivity contribution in [1.82, 2.24) is 5.32 Å². The van der Waals surface area contributed by atoms with Crippen LogP contribution in [0.3, 0.4) is 0 Å². The molecule has 0 aromatic heterocycles. The summed E-state index contributed by atoms with van der Waals surface area (Å²) in [6.07, 6.45) is -0.0681. The van der Waals surface area contributed by atoms with Crippen LogP contribution in [0.5, 0.6) is 11.5 Å². The van der Waals surface area contributed by atoms with Gasteiger partial charge in [0.25, 0.3) is 11.8 Å². The van der Waals surface area contributed by atoms with Gasteiger partial charge < -0.3 is 29.7 Å². The highest BCUT2D eigenvalue weighted by atomic mass is 16.5. The van der Waals surface area contributed by atoms with Gasteiger partial charge in [-0.3, -0.25) is 14.4 Å². The number of benzene rings is 1. The van der Waals surface area contributed by atoms with E-state index in [1.165, 1.54) is 21.3 Å². The van der Waals surface area contributed by atoms with Crippen molar-refractivity contribution in [3.8, 4) is 11.5 Å². The van der Waals surface area contributed by atoms with Crippen LogP contribution in [-0.4, -0.2) is 64.8 Å². The Bertz CT molecular complexity index is 678. The number of hydrogen-bond donors (Lipinski definition) is 3. The summed E-state index contributed by atoms with van der Waals surface area (Å²) in [6.45, 7) is 1.06. The second-order valence-electron chi connectivity index (χ2n) is 5.83. The average molecular weight is 366 g/mol. The number of esters is 1. The predicted molar refractivity (Wildman–Crippen MR) is 92.3 cm³/mol. The minimum atomic E-state index is -0.646. The molecule has 3 N–H and O–H groups in total. The normalized spacial score (nSPS) is 19.3. The summed E-state index contributed by atoms with van der Waals surface area (Å²) >= 11 is 0. The zero-order valence-electron chi connectivity index (χ0n) is 15.1. The Hall–Kier alpha value is -2.81. The summed E-state index contributed by atoms with van der Waals surface area (Å²) in [6, 6.07) is 4.40. The fourth-order valence-electron chi connectivity index (χ4n) is 2.85. The quantitative estimate of drug-likeness (QED) is 0.512. The molecular weight excluding hydrogens is 342 g/mol. The number of rotatable bonds is 7. The van der Waals surface area contributed by atoms with Crippen LogP contribution in [0.25, 0.3) is 0 Å². The molecular formula is C17H24N3O6+. The topological polar surface area (TPSA) is 107 Å². The van der Waals surface area contributed by atoms with Crippen molar-refractivity contribution in [3.05, 3.63) is 18.2 Å². The maximum Gasteiger partial charge on any atom is 0.312 e. The van der Waals surface area contributed by atoms with E-state index in [1.807, 2.05) is 0 Å². The third-order valence-corrected chi connectivity index (χ3v) is 4.21. The molecule has 1 aromatic rings. The fraction of sp³-hybridized carbons (Fsp3) is 0.471. The van der Waals surface area contributed by atoms with Crippen LogP contribution in [0.4, 0.5) is 5.69 Å². The van der Waals surface area contributed by atoms with E-state index in [0.717, 1.165) is 4.90 Å². The van der Waals surface area contributed by atoms with Crippen LogP contribution in [0.15, 0.2) is 18.2 Å². The van der Waals surface area contributed by atoms with Crippen LogP contribution in [-0.2, 0) is 19.1 Å². The van der Waals surface area contributed by atoms with E-state index in [0.29, 0.717) is 30.3 Å². The zero-order chi connectivity index (χ0) is 19.1. The largest absolute Gasteiger partial charge is 0.493 e. The van der Waals surface area contributed by atoms with Crippen molar-refractivity contribution in [3.63, 3.8) is 0 Å². The fourth-order valence-corrected chi connectivity index (χ4v) is 2.85. The number of amides is 2. The van der Waals surface area contributed by atoms with E-state index in [1.54, 1.807) is 18.2 Å². The highest BCUT2D eigenvalue weighted by Gasteiger charge is 2.36. The minimum absolute atomic E-state index is 0.0590. The Labute approximate surface area is 151 Å². The maximum atomic E-state index is 12.4. The molecule has 1 aliphatic heterocycles. The van der Waals surface area contributed by atoms with Gasteiger partial charge in [-0.2, -0.15) is 0 Å². The van der Waals surface area contributed by atoms with Gasteiger partial charge in [-0.1, -0.05) is 0 Å². The van der Waals surface area contributed by atoms with Crippen LogP contribution in [0.2, 0.25) is 0 Å². The van der Waals surface area contributed by atoms with Gasteiger partial charge in [-0.25, -0.2) is 0 Å². The molecule has 2 rings (SSSR count). The summed E-state index contributed by atoms with van der Waals surface area (Å²) in [4.78, 5) is 36.7. The van der Waals surface area contributed by atoms with Gasteiger partial charge in [-0.15, -0.1) is 0 Å². The number of carbonyl (C=O) groups excluding carboxylic acids is 3. The summed E-state index contributed by atoms with van der Waals surface area (Å²) < 4.78 is 15.0. The summed E-state index contributed by atoms with van der Waals surface area (Å²) in [5, 5.41) is 5.49. The van der Waals surface area contributed by atoms with Gasteiger partial charge in [0.15, 0.2) is 24.1 Å². The molecule has 0 bridgehead atoms. The maximum absolute atomic E-state index is 12.4. The van der Waals surface area contributed by atoms with Crippen molar-refractivity contribution in [2.24, 2.45) is 0 Å². The number of hydrogen-bond acceptors (Lipinski definition) is 6. The van der Waals surface area contributed by atoms with Gasteiger partial charge in [0.2, 0.25) is 0 Å². The molecule has 142 valence electrons. The molecule has 1 aliphatic rings. The molecule has 1 heterocycles. The van der Waals surface area contributed by atoms with Gasteiger partial charge in [-0.05, 0) is 12.1 Å². The van der Waals surface area contributed by atoms with Gasteiger partial charge >= 0.3 is 5.97 Å². The number of anilines is 1. The van der Waals surface area contributed by atoms with E-state index in [9.17, 15) is 14.4 Å². The van der Waals surface area contributed by atoms with E-state index < -0.39 is 12.0 Å². The number of piperazine rings is 1. The predicted octanol–water partition coefficient (Wildman–Crippen LogP) is -1.41. The number of quaternary nitrogens is 1. The molecule has 2 atom stereocenters. The summed E-state index contributed by atoms with van der Waals surface area (Å²) in [5.74, 6) is 0.0535. The average Bonchev–Trinajstić information content (AvgIpc) is 2.64. The number of methoxy groups -OCH3 is 3. The first-order valence-corrected chi connectivity index (χ1v) is 8.19. The molecule has 9 nitrogen and oxygen atoms in total. The molecule has 9 heteroatoms. The van der Waals surface area contributed by atoms with Gasteiger partial charge in [0.05, 0.1) is 34.4 Å². The SMILES string of the molecule is COC(=O)C[C@@H]1C(=O)NCC[NH+]1CC(=O)Nc1ccc(OC)c(OC)c1. The van der Waals surface area contributed by atoms with E-state index in [4.69, 9.17) is 9.47 Å².